The fourth-order valence-corrected chi connectivity index (χ4v) is 1.99. The lowest BCUT2D eigenvalue weighted by Gasteiger charge is -2.12. The average Bonchev–Trinajstić information content (AvgIpc) is 2.84. The van der Waals surface area contributed by atoms with Crippen LogP contribution < -0.4 is 5.32 Å². The van der Waals surface area contributed by atoms with Gasteiger partial charge in [-0.3, -0.25) is 0 Å². The van der Waals surface area contributed by atoms with Gasteiger partial charge in [-0.1, -0.05) is 12.1 Å². The fraction of sp³-hybridized carbons (Fsp3) is 0.231. The van der Waals surface area contributed by atoms with Gasteiger partial charge in [0, 0.05) is 6.54 Å². The van der Waals surface area contributed by atoms with Crippen LogP contribution in [0, 0.1) is 5.82 Å². The van der Waals surface area contributed by atoms with E-state index in [1.165, 1.54) is 6.07 Å². The van der Waals surface area contributed by atoms with Gasteiger partial charge in [-0.25, -0.2) is 4.39 Å². The van der Waals surface area contributed by atoms with Crippen LogP contribution in [0.5, 0.6) is 0 Å². The summed E-state index contributed by atoms with van der Waals surface area (Å²) in [5.41, 5.74) is 0.892. The van der Waals surface area contributed by atoms with Crippen LogP contribution >= 0.6 is 15.9 Å². The summed E-state index contributed by atoms with van der Waals surface area (Å²) < 4.78 is 19.1. The van der Waals surface area contributed by atoms with Gasteiger partial charge in [0.1, 0.15) is 11.6 Å². The first kappa shape index (κ1) is 12.3. The molecule has 0 radical (unpaired) electrons. The predicted octanol–water partition coefficient (Wildman–Crippen LogP) is 4.03. The molecule has 4 heteroatoms. The first-order valence-corrected chi connectivity index (χ1v) is 6.17. The van der Waals surface area contributed by atoms with Crippen LogP contribution in [0.1, 0.15) is 24.3 Å². The molecule has 2 nitrogen and oxygen atoms in total. The lowest BCUT2D eigenvalue weighted by molar-refractivity contribution is 0.429. The monoisotopic (exact) mass is 297 g/mol. The SMILES string of the molecule is C[C@@H](NCc1cccc(F)c1Br)c1ccco1. The number of hydrogen-bond acceptors (Lipinski definition) is 2. The molecule has 0 fully saturated rings. The van der Waals surface area contributed by atoms with Crippen molar-refractivity contribution in [2.24, 2.45) is 0 Å². The van der Waals surface area contributed by atoms with Gasteiger partial charge in [0.05, 0.1) is 16.8 Å². The molecule has 0 spiro atoms. The Balaban J connectivity index is 2.00. The van der Waals surface area contributed by atoms with Gasteiger partial charge in [0.15, 0.2) is 0 Å². The highest BCUT2D eigenvalue weighted by Gasteiger charge is 2.09. The zero-order valence-corrected chi connectivity index (χ0v) is 11.0. The smallest absolute Gasteiger partial charge is 0.137 e. The zero-order valence-electron chi connectivity index (χ0n) is 9.41. The van der Waals surface area contributed by atoms with Crippen LogP contribution in [0.4, 0.5) is 4.39 Å². The predicted molar refractivity (Wildman–Crippen MR) is 68.1 cm³/mol. The Morgan fingerprint density at radius 3 is 2.88 bits per heavy atom. The Kier molecular flexibility index (Phi) is 3.97. The number of hydrogen-bond donors (Lipinski definition) is 1. The van der Waals surface area contributed by atoms with Crippen molar-refractivity contribution in [1.29, 1.82) is 0 Å². The molecular formula is C13H13BrFNO. The highest BCUT2D eigenvalue weighted by Crippen LogP contribution is 2.21. The van der Waals surface area contributed by atoms with E-state index in [0.717, 1.165) is 11.3 Å². The molecule has 1 aromatic heterocycles. The minimum Gasteiger partial charge on any atom is -0.468 e. The lowest BCUT2D eigenvalue weighted by atomic mass is 10.2. The molecule has 0 amide bonds. The number of furan rings is 1. The molecule has 2 rings (SSSR count). The molecule has 0 saturated heterocycles. The molecule has 0 unspecified atom stereocenters. The second-order valence-corrected chi connectivity index (χ2v) is 4.62. The summed E-state index contributed by atoms with van der Waals surface area (Å²) in [6, 6.07) is 8.89. The summed E-state index contributed by atoms with van der Waals surface area (Å²) in [7, 11) is 0. The quantitative estimate of drug-likeness (QED) is 0.922. The number of nitrogens with one attached hydrogen (secondary N) is 1. The molecule has 0 saturated carbocycles. The minimum absolute atomic E-state index is 0.0974. The molecule has 2 aromatic rings. The van der Waals surface area contributed by atoms with Gasteiger partial charge in [-0.2, -0.15) is 0 Å². The normalized spacial score (nSPS) is 12.6. The Bertz CT molecular complexity index is 484. The lowest BCUT2D eigenvalue weighted by Crippen LogP contribution is -2.18. The van der Waals surface area contributed by atoms with Crippen molar-refractivity contribution in [2.75, 3.05) is 0 Å². The van der Waals surface area contributed by atoms with E-state index in [1.807, 2.05) is 25.1 Å². The number of halogens is 2. The third-order valence-electron chi connectivity index (χ3n) is 2.60. The largest absolute Gasteiger partial charge is 0.468 e. The Hall–Kier alpha value is -1.13. The standard InChI is InChI=1S/C13H13BrFNO/c1-9(12-6-3-7-17-12)16-8-10-4-2-5-11(15)13(10)14/h2-7,9,16H,8H2,1H3/t9-/m1/s1. The molecule has 17 heavy (non-hydrogen) atoms. The second-order valence-electron chi connectivity index (χ2n) is 3.83. The van der Waals surface area contributed by atoms with Crippen molar-refractivity contribution >= 4 is 15.9 Å². The van der Waals surface area contributed by atoms with Crippen molar-refractivity contribution in [3.05, 3.63) is 58.2 Å². The maximum Gasteiger partial charge on any atom is 0.137 e. The van der Waals surface area contributed by atoms with E-state index < -0.39 is 0 Å². The molecule has 0 bridgehead atoms. The molecular weight excluding hydrogens is 285 g/mol. The molecule has 0 aliphatic heterocycles. The Morgan fingerprint density at radius 1 is 1.35 bits per heavy atom. The van der Waals surface area contributed by atoms with E-state index in [0.29, 0.717) is 11.0 Å². The van der Waals surface area contributed by atoms with E-state index in [9.17, 15) is 4.39 Å². The molecule has 1 atom stereocenters. The molecule has 1 aromatic carbocycles. The zero-order chi connectivity index (χ0) is 12.3. The van der Waals surface area contributed by atoms with Crippen molar-refractivity contribution in [3.63, 3.8) is 0 Å². The maximum absolute atomic E-state index is 13.3. The first-order chi connectivity index (χ1) is 8.18. The summed E-state index contributed by atoms with van der Waals surface area (Å²) in [5, 5.41) is 3.28. The van der Waals surface area contributed by atoms with Crippen LogP contribution in [-0.4, -0.2) is 0 Å². The number of benzene rings is 1. The fourth-order valence-electron chi connectivity index (χ4n) is 1.59. The van der Waals surface area contributed by atoms with Gasteiger partial charge in [-0.15, -0.1) is 0 Å². The second kappa shape index (κ2) is 5.47. The summed E-state index contributed by atoms with van der Waals surface area (Å²) in [6.07, 6.45) is 1.64. The molecule has 1 heterocycles. The minimum atomic E-state index is -0.241. The van der Waals surface area contributed by atoms with E-state index >= 15 is 0 Å². The van der Waals surface area contributed by atoms with Gasteiger partial charge in [0.25, 0.3) is 0 Å². The van der Waals surface area contributed by atoms with E-state index in [4.69, 9.17) is 4.42 Å². The van der Waals surface area contributed by atoms with E-state index in [1.54, 1.807) is 12.3 Å². The topological polar surface area (TPSA) is 25.2 Å². The maximum atomic E-state index is 13.3. The highest BCUT2D eigenvalue weighted by molar-refractivity contribution is 9.10. The van der Waals surface area contributed by atoms with Crippen LogP contribution in [0.2, 0.25) is 0 Å². The third kappa shape index (κ3) is 2.96. The summed E-state index contributed by atoms with van der Waals surface area (Å²) in [5.74, 6) is 0.632. The summed E-state index contributed by atoms with van der Waals surface area (Å²) >= 11 is 3.24. The Morgan fingerprint density at radius 2 is 2.18 bits per heavy atom. The van der Waals surface area contributed by atoms with Crippen molar-refractivity contribution in [1.82, 2.24) is 5.32 Å². The van der Waals surface area contributed by atoms with Crippen LogP contribution in [0.3, 0.4) is 0 Å². The van der Waals surface area contributed by atoms with Gasteiger partial charge in [0.2, 0.25) is 0 Å². The number of rotatable bonds is 4. The highest BCUT2D eigenvalue weighted by atomic mass is 79.9. The molecule has 0 aliphatic carbocycles. The first-order valence-electron chi connectivity index (χ1n) is 5.38. The van der Waals surface area contributed by atoms with Crippen molar-refractivity contribution in [2.45, 2.75) is 19.5 Å². The van der Waals surface area contributed by atoms with Crippen LogP contribution in [0.25, 0.3) is 0 Å². The molecule has 1 N–H and O–H groups in total. The summed E-state index contributed by atoms with van der Waals surface area (Å²) in [4.78, 5) is 0. The average molecular weight is 298 g/mol. The van der Waals surface area contributed by atoms with Crippen LogP contribution in [0.15, 0.2) is 45.5 Å². The Labute approximate surface area is 108 Å². The van der Waals surface area contributed by atoms with Crippen molar-refractivity contribution in [3.8, 4) is 0 Å². The van der Waals surface area contributed by atoms with E-state index in [2.05, 4.69) is 21.2 Å². The van der Waals surface area contributed by atoms with E-state index in [-0.39, 0.29) is 11.9 Å². The van der Waals surface area contributed by atoms with Gasteiger partial charge in [-0.05, 0) is 46.6 Å². The third-order valence-corrected chi connectivity index (χ3v) is 3.49. The molecule has 0 aliphatic rings. The van der Waals surface area contributed by atoms with Gasteiger partial charge < -0.3 is 9.73 Å². The van der Waals surface area contributed by atoms with Gasteiger partial charge >= 0.3 is 0 Å². The summed E-state index contributed by atoms with van der Waals surface area (Å²) in [6.45, 7) is 2.59. The van der Waals surface area contributed by atoms with Crippen LogP contribution in [-0.2, 0) is 6.54 Å². The molecule has 90 valence electrons. The van der Waals surface area contributed by atoms with Crippen molar-refractivity contribution < 1.29 is 8.81 Å².